The Bertz CT molecular complexity index is 1450. The predicted octanol–water partition coefficient (Wildman–Crippen LogP) is 2.58. The number of nitrogens with zero attached hydrogens (tertiary/aromatic N) is 2. The molecule has 6 N–H and O–H groups in total. The molecule has 254 valence electrons. The van der Waals surface area contributed by atoms with Crippen LogP contribution in [0.4, 0.5) is 11.4 Å². The van der Waals surface area contributed by atoms with Crippen molar-refractivity contribution >= 4 is 40.8 Å². The molecular formula is C34H51N5O6S. The number of guanidine groups is 1. The van der Waals surface area contributed by atoms with E-state index >= 15 is 0 Å². The van der Waals surface area contributed by atoms with E-state index in [2.05, 4.69) is 37.7 Å². The van der Waals surface area contributed by atoms with Crippen LogP contribution in [0.1, 0.15) is 72.6 Å². The summed E-state index contributed by atoms with van der Waals surface area (Å²) >= 11 is 1.50. The van der Waals surface area contributed by atoms with Crippen LogP contribution >= 0.6 is 11.8 Å². The van der Waals surface area contributed by atoms with E-state index in [0.29, 0.717) is 43.9 Å². The Hall–Kier alpha value is -2.86. The third kappa shape index (κ3) is 5.77. The second-order valence-corrected chi connectivity index (χ2v) is 16.0. The number of rotatable bonds is 10. The minimum Gasteiger partial charge on any atom is -0.461 e. The van der Waals surface area contributed by atoms with E-state index in [1.54, 1.807) is 0 Å². The standard InChI is InChI=1S/C34H51N5O6S/c1-6-32(4)16-23(33(5)19(2)9-11-34(20(3)30(32)44)12-10-22(40)29(33)34)45-24(41)18-46-21-8-7-15-39(17-21)26-25(27(42)28(26)43)37-13-14-38-31(35)36/h6,19-21,23,29-30,37,44H,1,7-18H2,2-5H3,(H4,35,36,38)/t19-,20+,21?,23-,29+,30+,32-,33+,34+/m1/s1. The lowest BCUT2D eigenvalue weighted by Crippen LogP contribution is -2.63. The number of thioether (sulfide) groups is 1. The number of aliphatic imine (C=N–C) groups is 1. The maximum atomic E-state index is 13.6. The van der Waals surface area contributed by atoms with Gasteiger partial charge in [-0.2, -0.15) is 0 Å². The molecular weight excluding hydrogens is 606 g/mol. The highest BCUT2D eigenvalue weighted by atomic mass is 32.2. The molecule has 2 bridgehead atoms. The fourth-order valence-corrected chi connectivity index (χ4v) is 10.4. The number of nitrogens with one attached hydrogen (secondary N) is 1. The Morgan fingerprint density at radius 1 is 1.20 bits per heavy atom. The van der Waals surface area contributed by atoms with E-state index in [9.17, 15) is 24.3 Å². The first-order chi connectivity index (χ1) is 21.7. The second-order valence-electron chi connectivity index (χ2n) is 14.7. The van der Waals surface area contributed by atoms with Gasteiger partial charge in [0.15, 0.2) is 5.96 Å². The van der Waals surface area contributed by atoms with Gasteiger partial charge in [-0.15, -0.1) is 18.3 Å². The van der Waals surface area contributed by atoms with Gasteiger partial charge in [0.25, 0.3) is 10.9 Å². The van der Waals surface area contributed by atoms with E-state index in [1.807, 2.05) is 17.9 Å². The van der Waals surface area contributed by atoms with E-state index < -0.39 is 33.9 Å². The second kappa shape index (κ2) is 13.0. The molecule has 1 saturated heterocycles. The Balaban J connectivity index is 1.29. The summed E-state index contributed by atoms with van der Waals surface area (Å²) in [5.74, 6) is -0.201. The fraction of sp³-hybridized carbons (Fsp3) is 0.735. The molecule has 46 heavy (non-hydrogen) atoms. The molecule has 1 unspecified atom stereocenters. The van der Waals surface area contributed by atoms with Crippen molar-refractivity contribution in [2.75, 3.05) is 42.1 Å². The van der Waals surface area contributed by atoms with Crippen LogP contribution in [0.2, 0.25) is 0 Å². The highest BCUT2D eigenvalue weighted by Gasteiger charge is 2.68. The third-order valence-corrected chi connectivity index (χ3v) is 13.6. The SMILES string of the molecule is C=C[C@]1(C)C[C@@H](OC(=O)CSC2CCCN(c3c(NCCN=C(N)N)c(=O)c3=O)C2)[C@]2(C)[C@H](C)CC[C@]3(CCC(=O)[C@H]32)[C@@H](C)[C@@H]1O. The quantitative estimate of drug-likeness (QED) is 0.0726. The zero-order chi connectivity index (χ0) is 33.6. The number of piperidine rings is 1. The lowest BCUT2D eigenvalue weighted by atomic mass is 9.44. The van der Waals surface area contributed by atoms with Gasteiger partial charge < -0.3 is 31.5 Å². The van der Waals surface area contributed by atoms with E-state index in [4.69, 9.17) is 16.2 Å². The van der Waals surface area contributed by atoms with Crippen LogP contribution in [0.15, 0.2) is 27.2 Å². The van der Waals surface area contributed by atoms with Gasteiger partial charge in [0.2, 0.25) is 0 Å². The van der Waals surface area contributed by atoms with Crippen molar-refractivity contribution in [3.8, 4) is 0 Å². The van der Waals surface area contributed by atoms with Crippen molar-refractivity contribution in [3.05, 3.63) is 33.1 Å². The van der Waals surface area contributed by atoms with Gasteiger partial charge in [0.1, 0.15) is 23.3 Å². The third-order valence-electron chi connectivity index (χ3n) is 12.3. The molecule has 11 nitrogen and oxygen atoms in total. The molecule has 3 saturated carbocycles. The predicted molar refractivity (Wildman–Crippen MR) is 183 cm³/mol. The molecule has 1 aromatic carbocycles. The van der Waals surface area contributed by atoms with Gasteiger partial charge in [-0.05, 0) is 55.8 Å². The van der Waals surface area contributed by atoms with Crippen molar-refractivity contribution < 1.29 is 19.4 Å². The number of Topliss-reactive ketones (excluding diaryl/α,β-unsaturated/α-hetero) is 1. The number of aliphatic hydroxyl groups excluding tert-OH is 1. The molecule has 5 rings (SSSR count). The van der Waals surface area contributed by atoms with Crippen LogP contribution in [-0.4, -0.2) is 72.2 Å². The fourth-order valence-electron chi connectivity index (χ4n) is 9.37. The highest BCUT2D eigenvalue weighted by Crippen LogP contribution is 2.68. The van der Waals surface area contributed by atoms with E-state index in [1.165, 1.54) is 11.8 Å². The van der Waals surface area contributed by atoms with Crippen LogP contribution in [0.3, 0.4) is 0 Å². The molecule has 1 aliphatic heterocycles. The number of hydrogen-bond donors (Lipinski definition) is 4. The van der Waals surface area contributed by atoms with E-state index in [0.717, 1.165) is 32.1 Å². The molecule has 9 atom stereocenters. The molecule has 1 heterocycles. The molecule has 0 spiro atoms. The first-order valence-electron chi connectivity index (χ1n) is 16.7. The maximum absolute atomic E-state index is 13.6. The molecule has 1 aromatic rings. The lowest BCUT2D eigenvalue weighted by Gasteiger charge is -2.61. The summed E-state index contributed by atoms with van der Waals surface area (Å²) in [7, 11) is 0. The summed E-state index contributed by atoms with van der Waals surface area (Å²) in [6.45, 7) is 14.3. The number of carbonyl (C=O) groups is 2. The van der Waals surface area contributed by atoms with Gasteiger partial charge in [0, 0.05) is 48.1 Å². The summed E-state index contributed by atoms with van der Waals surface area (Å²) in [6.07, 6.45) is 5.71. The number of anilines is 2. The Morgan fingerprint density at radius 3 is 2.63 bits per heavy atom. The van der Waals surface area contributed by atoms with Gasteiger partial charge in [-0.25, -0.2) is 0 Å². The molecule has 4 fully saturated rings. The average molecular weight is 658 g/mol. The van der Waals surface area contributed by atoms with Gasteiger partial charge >= 0.3 is 5.97 Å². The topological polar surface area (TPSA) is 177 Å². The van der Waals surface area contributed by atoms with Crippen molar-refractivity contribution in [3.63, 3.8) is 0 Å². The maximum Gasteiger partial charge on any atom is 0.316 e. The summed E-state index contributed by atoms with van der Waals surface area (Å²) in [5.41, 5.74) is 8.80. The Morgan fingerprint density at radius 2 is 1.93 bits per heavy atom. The lowest BCUT2D eigenvalue weighted by molar-refractivity contribution is -0.205. The van der Waals surface area contributed by atoms with Crippen LogP contribution in [-0.2, 0) is 14.3 Å². The minimum absolute atomic E-state index is 0.0413. The average Bonchev–Trinajstić information content (AvgIpc) is 3.39. The summed E-state index contributed by atoms with van der Waals surface area (Å²) in [6, 6.07) is 0. The first kappa shape index (κ1) is 34.5. The number of esters is 1. The molecule has 0 radical (unpaired) electrons. The van der Waals surface area contributed by atoms with Crippen LogP contribution in [0.5, 0.6) is 0 Å². The molecule has 0 amide bonds. The summed E-state index contributed by atoms with van der Waals surface area (Å²) in [4.78, 5) is 57.9. The smallest absolute Gasteiger partial charge is 0.316 e. The number of ether oxygens (including phenoxy) is 1. The van der Waals surface area contributed by atoms with Crippen molar-refractivity contribution in [2.24, 2.45) is 50.5 Å². The first-order valence-corrected chi connectivity index (χ1v) is 17.8. The van der Waals surface area contributed by atoms with Crippen LogP contribution in [0.25, 0.3) is 0 Å². The zero-order valence-electron chi connectivity index (χ0n) is 27.7. The zero-order valence-corrected chi connectivity index (χ0v) is 28.5. The van der Waals surface area contributed by atoms with Gasteiger partial charge in [-0.1, -0.05) is 33.8 Å². The number of carbonyl (C=O) groups excluding carboxylic acids is 2. The van der Waals surface area contributed by atoms with Crippen LogP contribution < -0.4 is 32.5 Å². The Kier molecular flexibility index (Phi) is 9.72. The number of aliphatic hydroxyl groups is 1. The largest absolute Gasteiger partial charge is 0.461 e. The van der Waals surface area contributed by atoms with Crippen molar-refractivity contribution in [1.82, 2.24) is 0 Å². The minimum atomic E-state index is -0.707. The van der Waals surface area contributed by atoms with Crippen molar-refractivity contribution in [1.29, 1.82) is 0 Å². The normalized spacial score (nSPS) is 37.6. The van der Waals surface area contributed by atoms with E-state index in [-0.39, 0.29) is 58.4 Å². The monoisotopic (exact) mass is 657 g/mol. The Labute approximate surface area is 275 Å². The number of ketones is 1. The number of nitrogens with two attached hydrogens (primary N) is 2. The molecule has 3 aliphatic carbocycles. The van der Waals surface area contributed by atoms with Crippen LogP contribution in [0, 0.1) is 34.0 Å². The summed E-state index contributed by atoms with van der Waals surface area (Å²) < 4.78 is 6.41. The molecule has 4 aliphatic rings. The van der Waals surface area contributed by atoms with Crippen molar-refractivity contribution in [2.45, 2.75) is 90.1 Å². The highest BCUT2D eigenvalue weighted by molar-refractivity contribution is 8.00. The molecule has 12 heteroatoms. The molecule has 0 aromatic heterocycles. The van der Waals surface area contributed by atoms with Gasteiger partial charge in [-0.3, -0.25) is 24.2 Å². The number of hydrogen-bond acceptors (Lipinski definition) is 10. The summed E-state index contributed by atoms with van der Waals surface area (Å²) in [5, 5.41) is 14.8. The van der Waals surface area contributed by atoms with Gasteiger partial charge in [0.05, 0.1) is 18.4 Å².